The van der Waals surface area contributed by atoms with Crippen molar-refractivity contribution in [1.29, 1.82) is 0 Å². The van der Waals surface area contributed by atoms with Gasteiger partial charge in [0.05, 0.1) is 6.10 Å². The number of hydrogen-bond acceptors (Lipinski definition) is 3. The average molecular weight is 225 g/mol. The molecular formula is C12H23N3O. The zero-order valence-electron chi connectivity index (χ0n) is 10.6. The van der Waals surface area contributed by atoms with Gasteiger partial charge in [-0.15, -0.1) is 0 Å². The van der Waals surface area contributed by atoms with Crippen molar-refractivity contribution in [2.24, 2.45) is 0 Å². The molecule has 1 N–H and O–H groups in total. The second kappa shape index (κ2) is 7.41. The molecule has 92 valence electrons. The average Bonchev–Trinajstić information content (AvgIpc) is 2.62. The Bertz CT molecular complexity index is 284. The van der Waals surface area contributed by atoms with E-state index < -0.39 is 0 Å². The topological polar surface area (TPSA) is 39.1 Å². The fraction of sp³-hybridized carbons (Fsp3) is 0.750. The third kappa shape index (κ3) is 5.28. The second-order valence-corrected chi connectivity index (χ2v) is 4.19. The van der Waals surface area contributed by atoms with E-state index in [9.17, 15) is 0 Å². The van der Waals surface area contributed by atoms with Gasteiger partial charge in [0.15, 0.2) is 0 Å². The molecule has 0 aliphatic carbocycles. The van der Waals surface area contributed by atoms with Crippen molar-refractivity contribution in [3.05, 3.63) is 18.2 Å². The van der Waals surface area contributed by atoms with Crippen LogP contribution in [0.3, 0.4) is 0 Å². The molecule has 0 saturated carbocycles. The van der Waals surface area contributed by atoms with E-state index in [2.05, 4.69) is 28.7 Å². The molecule has 0 saturated heterocycles. The van der Waals surface area contributed by atoms with Crippen LogP contribution in [-0.4, -0.2) is 35.4 Å². The van der Waals surface area contributed by atoms with Crippen molar-refractivity contribution < 1.29 is 4.74 Å². The van der Waals surface area contributed by atoms with Gasteiger partial charge in [-0.05, 0) is 33.7 Å². The quantitative estimate of drug-likeness (QED) is 0.683. The van der Waals surface area contributed by atoms with Crippen molar-refractivity contribution in [2.45, 2.75) is 39.8 Å². The van der Waals surface area contributed by atoms with E-state index in [4.69, 9.17) is 4.74 Å². The van der Waals surface area contributed by atoms with E-state index in [1.54, 1.807) is 0 Å². The van der Waals surface area contributed by atoms with Gasteiger partial charge >= 0.3 is 0 Å². The third-order valence-corrected chi connectivity index (χ3v) is 2.40. The fourth-order valence-corrected chi connectivity index (χ4v) is 1.48. The van der Waals surface area contributed by atoms with E-state index in [0.29, 0.717) is 6.10 Å². The zero-order valence-corrected chi connectivity index (χ0v) is 10.6. The molecule has 0 spiro atoms. The van der Waals surface area contributed by atoms with Gasteiger partial charge in [0.2, 0.25) is 0 Å². The summed E-state index contributed by atoms with van der Waals surface area (Å²) in [5.41, 5.74) is 0. The Hall–Kier alpha value is -0.870. The van der Waals surface area contributed by atoms with Gasteiger partial charge in [-0.25, -0.2) is 4.98 Å². The maximum atomic E-state index is 5.46. The molecule has 0 radical (unpaired) electrons. The lowest BCUT2D eigenvalue weighted by Crippen LogP contribution is -2.22. The first-order chi connectivity index (χ1) is 7.70. The molecule has 4 heteroatoms. The van der Waals surface area contributed by atoms with Crippen molar-refractivity contribution in [3.8, 4) is 0 Å². The molecule has 4 nitrogen and oxygen atoms in total. The lowest BCUT2D eigenvalue weighted by molar-refractivity contribution is 0.0771. The molecular weight excluding hydrogens is 202 g/mol. The van der Waals surface area contributed by atoms with Crippen molar-refractivity contribution in [1.82, 2.24) is 14.9 Å². The summed E-state index contributed by atoms with van der Waals surface area (Å²) in [4.78, 5) is 4.18. The van der Waals surface area contributed by atoms with Gasteiger partial charge in [-0.1, -0.05) is 0 Å². The Morgan fingerprint density at radius 3 is 2.88 bits per heavy atom. The van der Waals surface area contributed by atoms with Gasteiger partial charge in [-0.2, -0.15) is 0 Å². The number of aryl methyl sites for hydroxylation is 1. The predicted octanol–water partition coefficient (Wildman–Crippen LogP) is 1.60. The molecule has 1 rings (SSSR count). The van der Waals surface area contributed by atoms with Crippen LogP contribution in [0.5, 0.6) is 0 Å². The normalized spacial score (nSPS) is 11.2. The Labute approximate surface area is 98.0 Å². The molecule has 0 amide bonds. The maximum Gasteiger partial charge on any atom is 0.105 e. The van der Waals surface area contributed by atoms with Gasteiger partial charge in [-0.3, -0.25) is 0 Å². The van der Waals surface area contributed by atoms with Crippen molar-refractivity contribution >= 4 is 0 Å². The van der Waals surface area contributed by atoms with Crippen LogP contribution < -0.4 is 5.32 Å². The lowest BCUT2D eigenvalue weighted by atomic mass is 10.4. The summed E-state index contributed by atoms with van der Waals surface area (Å²) in [5, 5.41) is 3.40. The minimum absolute atomic E-state index is 0.341. The summed E-state index contributed by atoms with van der Waals surface area (Å²) >= 11 is 0. The standard InChI is InChI=1S/C12H23N3O/c1-11(2)16-10-4-5-13-6-8-15-9-7-14-12(15)3/h7,9,11,13H,4-6,8,10H2,1-3H3. The summed E-state index contributed by atoms with van der Waals surface area (Å²) in [7, 11) is 0. The highest BCUT2D eigenvalue weighted by Crippen LogP contribution is 1.93. The van der Waals surface area contributed by atoms with Crippen LogP contribution in [0.25, 0.3) is 0 Å². The molecule has 0 aliphatic rings. The molecule has 0 unspecified atom stereocenters. The third-order valence-electron chi connectivity index (χ3n) is 2.40. The number of nitrogens with zero attached hydrogens (tertiary/aromatic N) is 2. The fourth-order valence-electron chi connectivity index (χ4n) is 1.48. The Balaban J connectivity index is 1.94. The van der Waals surface area contributed by atoms with E-state index in [0.717, 1.165) is 38.5 Å². The van der Waals surface area contributed by atoms with E-state index in [1.807, 2.05) is 19.3 Å². The van der Waals surface area contributed by atoms with E-state index in [1.165, 1.54) is 0 Å². The summed E-state index contributed by atoms with van der Waals surface area (Å²) in [6, 6.07) is 0. The summed E-state index contributed by atoms with van der Waals surface area (Å²) in [5.74, 6) is 1.07. The molecule has 0 aromatic carbocycles. The Kier molecular flexibility index (Phi) is 6.11. The van der Waals surface area contributed by atoms with E-state index >= 15 is 0 Å². The molecule has 0 atom stereocenters. The van der Waals surface area contributed by atoms with E-state index in [-0.39, 0.29) is 0 Å². The van der Waals surface area contributed by atoms with Crippen LogP contribution >= 0.6 is 0 Å². The predicted molar refractivity (Wildman–Crippen MR) is 65.5 cm³/mol. The zero-order chi connectivity index (χ0) is 11.8. The molecule has 0 fully saturated rings. The molecule has 16 heavy (non-hydrogen) atoms. The highest BCUT2D eigenvalue weighted by molar-refractivity contribution is 4.88. The number of hydrogen-bond donors (Lipinski definition) is 1. The first kappa shape index (κ1) is 13.2. The maximum absolute atomic E-state index is 5.46. The lowest BCUT2D eigenvalue weighted by Gasteiger charge is -2.09. The van der Waals surface area contributed by atoms with Crippen LogP contribution in [0.1, 0.15) is 26.1 Å². The highest BCUT2D eigenvalue weighted by Gasteiger charge is 1.96. The number of aromatic nitrogens is 2. The minimum atomic E-state index is 0.341. The summed E-state index contributed by atoms with van der Waals surface area (Å²) in [6.07, 6.45) is 5.26. The van der Waals surface area contributed by atoms with Gasteiger partial charge in [0.1, 0.15) is 5.82 Å². The van der Waals surface area contributed by atoms with Crippen LogP contribution in [0, 0.1) is 6.92 Å². The first-order valence-electron chi connectivity index (χ1n) is 6.00. The number of ether oxygens (including phenoxy) is 1. The minimum Gasteiger partial charge on any atom is -0.379 e. The van der Waals surface area contributed by atoms with Crippen LogP contribution in [0.2, 0.25) is 0 Å². The van der Waals surface area contributed by atoms with Crippen molar-refractivity contribution in [2.75, 3.05) is 19.7 Å². The smallest absolute Gasteiger partial charge is 0.105 e. The SMILES string of the molecule is Cc1nccn1CCNCCCOC(C)C. The summed E-state index contributed by atoms with van der Waals surface area (Å²) in [6.45, 7) is 9.98. The molecule has 1 aromatic heterocycles. The monoisotopic (exact) mass is 225 g/mol. The van der Waals surface area contributed by atoms with Crippen LogP contribution in [0.15, 0.2) is 12.4 Å². The second-order valence-electron chi connectivity index (χ2n) is 4.19. The Morgan fingerprint density at radius 1 is 1.44 bits per heavy atom. The molecule has 0 bridgehead atoms. The van der Waals surface area contributed by atoms with Crippen LogP contribution in [-0.2, 0) is 11.3 Å². The number of imidazole rings is 1. The van der Waals surface area contributed by atoms with Gasteiger partial charge in [0.25, 0.3) is 0 Å². The Morgan fingerprint density at radius 2 is 2.25 bits per heavy atom. The number of nitrogens with one attached hydrogen (secondary N) is 1. The van der Waals surface area contributed by atoms with Gasteiger partial charge < -0.3 is 14.6 Å². The molecule has 1 aromatic rings. The van der Waals surface area contributed by atoms with Gasteiger partial charge in [0, 0.05) is 32.1 Å². The number of rotatable bonds is 8. The molecule has 1 heterocycles. The first-order valence-corrected chi connectivity index (χ1v) is 6.00. The van der Waals surface area contributed by atoms with Crippen LogP contribution in [0.4, 0.5) is 0 Å². The summed E-state index contributed by atoms with van der Waals surface area (Å²) < 4.78 is 7.61. The molecule has 0 aliphatic heterocycles. The highest BCUT2D eigenvalue weighted by atomic mass is 16.5. The van der Waals surface area contributed by atoms with Crippen molar-refractivity contribution in [3.63, 3.8) is 0 Å². The largest absolute Gasteiger partial charge is 0.379 e.